The van der Waals surface area contributed by atoms with Gasteiger partial charge in [-0.15, -0.1) is 6.42 Å². The molecule has 0 bridgehead atoms. The van der Waals surface area contributed by atoms with Crippen LogP contribution in [0.25, 0.3) is 0 Å². The molecule has 0 aromatic carbocycles. The van der Waals surface area contributed by atoms with E-state index in [0.717, 1.165) is 18.7 Å². The molecule has 0 unspecified atom stereocenters. The molecule has 1 heterocycles. The topological polar surface area (TPSA) is 45.2 Å². The van der Waals surface area contributed by atoms with Crippen LogP contribution in [0, 0.1) is 12.3 Å². The lowest BCUT2D eigenvalue weighted by atomic mass is 10.2. The van der Waals surface area contributed by atoms with Crippen molar-refractivity contribution < 1.29 is 4.79 Å². The molecule has 0 fully saturated rings. The smallest absolute Gasteiger partial charge is 0.234 e. The van der Waals surface area contributed by atoms with Crippen LogP contribution in [0.2, 0.25) is 0 Å². The molecule has 4 nitrogen and oxygen atoms in total. The van der Waals surface area contributed by atoms with E-state index in [-0.39, 0.29) is 12.5 Å². The van der Waals surface area contributed by atoms with Crippen molar-refractivity contribution in [2.24, 2.45) is 0 Å². The summed E-state index contributed by atoms with van der Waals surface area (Å²) in [7, 11) is 1.90. The average Bonchev–Trinajstić information content (AvgIpc) is 2.35. The third kappa shape index (κ3) is 5.69. The SMILES string of the molecule is C#CCNC(=O)CN(C)CCc1ccccn1. The highest BCUT2D eigenvalue weighted by molar-refractivity contribution is 5.78. The largest absolute Gasteiger partial charge is 0.344 e. The lowest BCUT2D eigenvalue weighted by molar-refractivity contribution is -0.121. The number of carbonyl (C=O) groups excluding carboxylic acids is 1. The molecule has 1 rings (SSSR count). The zero-order chi connectivity index (χ0) is 12.5. The number of terminal acetylenes is 1. The van der Waals surface area contributed by atoms with Crippen molar-refractivity contribution >= 4 is 5.91 Å². The van der Waals surface area contributed by atoms with Crippen LogP contribution in [-0.2, 0) is 11.2 Å². The van der Waals surface area contributed by atoms with E-state index in [4.69, 9.17) is 6.42 Å². The van der Waals surface area contributed by atoms with Gasteiger partial charge >= 0.3 is 0 Å². The van der Waals surface area contributed by atoms with Crippen molar-refractivity contribution in [2.75, 3.05) is 26.7 Å². The van der Waals surface area contributed by atoms with Crippen LogP contribution in [0.1, 0.15) is 5.69 Å². The minimum atomic E-state index is -0.0496. The van der Waals surface area contributed by atoms with E-state index in [0.29, 0.717) is 6.54 Å². The van der Waals surface area contributed by atoms with E-state index in [2.05, 4.69) is 16.2 Å². The maximum absolute atomic E-state index is 11.4. The van der Waals surface area contributed by atoms with E-state index in [1.807, 2.05) is 30.1 Å². The molecular formula is C13H17N3O. The second-order valence-corrected chi connectivity index (χ2v) is 3.79. The Morgan fingerprint density at radius 3 is 3.06 bits per heavy atom. The van der Waals surface area contributed by atoms with Gasteiger partial charge in [-0.2, -0.15) is 0 Å². The average molecular weight is 231 g/mol. The van der Waals surface area contributed by atoms with Gasteiger partial charge in [-0.1, -0.05) is 12.0 Å². The second-order valence-electron chi connectivity index (χ2n) is 3.79. The summed E-state index contributed by atoms with van der Waals surface area (Å²) < 4.78 is 0. The van der Waals surface area contributed by atoms with Crippen LogP contribution >= 0.6 is 0 Å². The summed E-state index contributed by atoms with van der Waals surface area (Å²) in [5, 5.41) is 2.63. The summed E-state index contributed by atoms with van der Waals surface area (Å²) in [6.45, 7) is 1.43. The minimum absolute atomic E-state index is 0.0496. The molecule has 17 heavy (non-hydrogen) atoms. The monoisotopic (exact) mass is 231 g/mol. The standard InChI is InChI=1S/C13H17N3O/c1-3-8-15-13(17)11-16(2)10-7-12-6-4-5-9-14-12/h1,4-6,9H,7-8,10-11H2,2H3,(H,15,17). The molecule has 90 valence electrons. The lowest BCUT2D eigenvalue weighted by Crippen LogP contribution is -2.36. The van der Waals surface area contributed by atoms with Crippen molar-refractivity contribution in [3.05, 3.63) is 30.1 Å². The molecule has 1 aromatic heterocycles. The lowest BCUT2D eigenvalue weighted by Gasteiger charge is -2.15. The normalized spacial score (nSPS) is 9.94. The molecule has 1 N–H and O–H groups in total. The number of likely N-dealkylation sites (N-methyl/N-ethyl adjacent to an activating group) is 1. The van der Waals surface area contributed by atoms with Gasteiger partial charge in [0.25, 0.3) is 0 Å². The predicted molar refractivity (Wildman–Crippen MR) is 67.3 cm³/mol. The highest BCUT2D eigenvalue weighted by Gasteiger charge is 2.05. The fourth-order valence-electron chi connectivity index (χ4n) is 1.38. The predicted octanol–water partition coefficient (Wildman–Crippen LogP) is 0.305. The Balaban J connectivity index is 2.24. The summed E-state index contributed by atoms with van der Waals surface area (Å²) in [4.78, 5) is 17.5. The first kappa shape index (κ1) is 13.2. The molecular weight excluding hydrogens is 214 g/mol. The van der Waals surface area contributed by atoms with E-state index in [1.54, 1.807) is 6.20 Å². The number of pyridine rings is 1. The van der Waals surface area contributed by atoms with E-state index in [9.17, 15) is 4.79 Å². The van der Waals surface area contributed by atoms with Crippen LogP contribution in [0.3, 0.4) is 0 Å². The van der Waals surface area contributed by atoms with Gasteiger partial charge in [0.15, 0.2) is 0 Å². The van der Waals surface area contributed by atoms with Crippen molar-refractivity contribution in [3.63, 3.8) is 0 Å². The Morgan fingerprint density at radius 2 is 2.41 bits per heavy atom. The van der Waals surface area contributed by atoms with Crippen molar-refractivity contribution in [1.29, 1.82) is 0 Å². The van der Waals surface area contributed by atoms with Gasteiger partial charge in [0.05, 0.1) is 13.1 Å². The Bertz CT molecular complexity index is 383. The zero-order valence-electron chi connectivity index (χ0n) is 10.0. The maximum Gasteiger partial charge on any atom is 0.234 e. The molecule has 0 saturated heterocycles. The van der Waals surface area contributed by atoms with Crippen LogP contribution in [0.5, 0.6) is 0 Å². The molecule has 1 aromatic rings. The first-order valence-corrected chi connectivity index (χ1v) is 5.51. The van der Waals surface area contributed by atoms with Gasteiger partial charge < -0.3 is 5.32 Å². The molecule has 0 aliphatic heterocycles. The summed E-state index contributed by atoms with van der Waals surface area (Å²) in [6, 6.07) is 5.83. The number of nitrogens with one attached hydrogen (secondary N) is 1. The molecule has 0 spiro atoms. The third-order valence-corrected chi connectivity index (χ3v) is 2.28. The molecule has 4 heteroatoms. The maximum atomic E-state index is 11.4. The minimum Gasteiger partial charge on any atom is -0.344 e. The summed E-state index contributed by atoms with van der Waals surface area (Å²) in [6.07, 6.45) is 7.66. The first-order chi connectivity index (χ1) is 8.22. The highest BCUT2D eigenvalue weighted by Crippen LogP contribution is 1.96. The molecule has 0 aliphatic rings. The van der Waals surface area contributed by atoms with E-state index in [1.165, 1.54) is 0 Å². The molecule has 0 saturated carbocycles. The molecule has 1 amide bonds. The third-order valence-electron chi connectivity index (χ3n) is 2.28. The van der Waals surface area contributed by atoms with Gasteiger partial charge in [0.1, 0.15) is 0 Å². The van der Waals surface area contributed by atoms with Crippen LogP contribution < -0.4 is 5.32 Å². The summed E-state index contributed by atoms with van der Waals surface area (Å²) >= 11 is 0. The van der Waals surface area contributed by atoms with Gasteiger partial charge in [0, 0.05) is 24.9 Å². The van der Waals surface area contributed by atoms with Crippen LogP contribution in [0.15, 0.2) is 24.4 Å². The Kier molecular flexibility index (Phi) is 5.76. The fourth-order valence-corrected chi connectivity index (χ4v) is 1.38. The number of aromatic nitrogens is 1. The van der Waals surface area contributed by atoms with Gasteiger partial charge in [0.2, 0.25) is 5.91 Å². The van der Waals surface area contributed by atoms with Gasteiger partial charge in [-0.3, -0.25) is 14.7 Å². The quantitative estimate of drug-likeness (QED) is 0.716. The molecule has 0 atom stereocenters. The first-order valence-electron chi connectivity index (χ1n) is 5.51. The van der Waals surface area contributed by atoms with E-state index < -0.39 is 0 Å². The van der Waals surface area contributed by atoms with Gasteiger partial charge in [-0.05, 0) is 19.2 Å². The van der Waals surface area contributed by atoms with Crippen LogP contribution in [0.4, 0.5) is 0 Å². The van der Waals surface area contributed by atoms with Crippen molar-refractivity contribution in [1.82, 2.24) is 15.2 Å². The number of rotatable bonds is 6. The number of hydrogen-bond donors (Lipinski definition) is 1. The molecule has 0 aliphatic carbocycles. The summed E-state index contributed by atoms with van der Waals surface area (Å²) in [5.74, 6) is 2.32. The van der Waals surface area contributed by atoms with Crippen molar-refractivity contribution in [3.8, 4) is 12.3 Å². The van der Waals surface area contributed by atoms with E-state index >= 15 is 0 Å². The summed E-state index contributed by atoms with van der Waals surface area (Å²) in [5.41, 5.74) is 1.03. The Morgan fingerprint density at radius 1 is 1.59 bits per heavy atom. The Hall–Kier alpha value is -1.86. The number of amides is 1. The Labute approximate surface area is 102 Å². The number of hydrogen-bond acceptors (Lipinski definition) is 3. The highest BCUT2D eigenvalue weighted by atomic mass is 16.1. The molecule has 0 radical (unpaired) electrons. The number of carbonyl (C=O) groups is 1. The zero-order valence-corrected chi connectivity index (χ0v) is 10.0. The van der Waals surface area contributed by atoms with Crippen LogP contribution in [-0.4, -0.2) is 42.5 Å². The fraction of sp³-hybridized carbons (Fsp3) is 0.385. The van der Waals surface area contributed by atoms with Crippen molar-refractivity contribution in [2.45, 2.75) is 6.42 Å². The second kappa shape index (κ2) is 7.42. The number of nitrogens with zero attached hydrogens (tertiary/aromatic N) is 2. The van der Waals surface area contributed by atoms with Gasteiger partial charge in [-0.25, -0.2) is 0 Å².